The lowest BCUT2D eigenvalue weighted by atomic mass is 10.1. The number of hydrogen-bond acceptors (Lipinski definition) is 2. The Morgan fingerprint density at radius 3 is 2.46 bits per heavy atom. The van der Waals surface area contributed by atoms with Crippen molar-refractivity contribution in [3.05, 3.63) is 65.0 Å². The molecular weight excluding hydrogens is 307 g/mol. The number of rotatable bonds is 6. The zero-order chi connectivity index (χ0) is 17.5. The molecule has 0 aromatic heterocycles. The van der Waals surface area contributed by atoms with Crippen LogP contribution in [0.2, 0.25) is 0 Å². The molecule has 0 saturated heterocycles. The van der Waals surface area contributed by atoms with E-state index in [-0.39, 0.29) is 11.8 Å². The van der Waals surface area contributed by atoms with Crippen LogP contribution in [-0.4, -0.2) is 24.6 Å². The highest BCUT2D eigenvalue weighted by molar-refractivity contribution is 5.73. The molecule has 0 saturated carbocycles. The minimum absolute atomic E-state index is 0.204. The van der Waals surface area contributed by atoms with Crippen molar-refractivity contribution in [2.45, 2.75) is 26.9 Å². The summed E-state index contributed by atoms with van der Waals surface area (Å²) in [6, 6.07) is 12.4. The third kappa shape index (κ3) is 4.98. The van der Waals surface area contributed by atoms with Crippen LogP contribution in [0.4, 0.5) is 9.18 Å². The van der Waals surface area contributed by atoms with Gasteiger partial charge in [0.05, 0.1) is 6.61 Å². The van der Waals surface area contributed by atoms with Crippen LogP contribution in [0.3, 0.4) is 0 Å². The van der Waals surface area contributed by atoms with Crippen LogP contribution in [0.15, 0.2) is 42.5 Å². The molecule has 1 N–H and O–H groups in total. The summed E-state index contributed by atoms with van der Waals surface area (Å²) in [5.74, 6) is 0.555. The van der Waals surface area contributed by atoms with Crippen molar-refractivity contribution in [3.8, 4) is 5.75 Å². The van der Waals surface area contributed by atoms with Crippen molar-refractivity contribution < 1.29 is 13.9 Å². The summed E-state index contributed by atoms with van der Waals surface area (Å²) in [6.07, 6.45) is 0. The molecule has 2 aromatic rings. The number of hydrogen-bond donors (Lipinski definition) is 1. The molecule has 0 radical (unpaired) electrons. The van der Waals surface area contributed by atoms with Crippen LogP contribution in [0, 0.1) is 12.7 Å². The minimum atomic E-state index is -0.260. The maximum absolute atomic E-state index is 13.5. The predicted octanol–water partition coefficient (Wildman–Crippen LogP) is 3.87. The highest BCUT2D eigenvalue weighted by Crippen LogP contribution is 2.13. The molecule has 24 heavy (non-hydrogen) atoms. The van der Waals surface area contributed by atoms with E-state index in [4.69, 9.17) is 4.74 Å². The molecule has 0 fully saturated rings. The zero-order valence-electron chi connectivity index (χ0n) is 14.3. The lowest BCUT2D eigenvalue weighted by Crippen LogP contribution is -2.36. The monoisotopic (exact) mass is 330 g/mol. The highest BCUT2D eigenvalue weighted by atomic mass is 19.1. The van der Waals surface area contributed by atoms with Crippen molar-refractivity contribution in [2.75, 3.05) is 13.7 Å². The molecule has 0 spiro atoms. The summed E-state index contributed by atoms with van der Waals surface area (Å²) >= 11 is 0. The van der Waals surface area contributed by atoms with Crippen molar-refractivity contribution in [3.63, 3.8) is 0 Å². The minimum Gasteiger partial charge on any atom is -0.494 e. The second kappa shape index (κ2) is 8.34. The number of nitrogens with zero attached hydrogens (tertiary/aromatic N) is 1. The maximum Gasteiger partial charge on any atom is 0.317 e. The van der Waals surface area contributed by atoms with Crippen LogP contribution in [0.1, 0.15) is 23.6 Å². The van der Waals surface area contributed by atoms with Gasteiger partial charge in [-0.1, -0.05) is 24.3 Å². The average Bonchev–Trinajstić information content (AvgIpc) is 2.57. The first-order valence-electron chi connectivity index (χ1n) is 7.95. The van der Waals surface area contributed by atoms with E-state index in [9.17, 15) is 9.18 Å². The van der Waals surface area contributed by atoms with Gasteiger partial charge in [-0.2, -0.15) is 0 Å². The molecule has 0 aliphatic rings. The number of nitrogens with one attached hydrogen (secondary N) is 1. The van der Waals surface area contributed by atoms with Gasteiger partial charge in [0.25, 0.3) is 0 Å². The summed E-state index contributed by atoms with van der Waals surface area (Å²) in [5, 5.41) is 2.79. The summed E-state index contributed by atoms with van der Waals surface area (Å²) in [4.78, 5) is 13.7. The van der Waals surface area contributed by atoms with Crippen LogP contribution in [0.25, 0.3) is 0 Å². The molecule has 2 amide bonds. The van der Waals surface area contributed by atoms with Gasteiger partial charge in [-0.05, 0) is 48.7 Å². The lowest BCUT2D eigenvalue weighted by molar-refractivity contribution is 0.206. The number of urea groups is 1. The molecule has 2 rings (SSSR count). The number of halogens is 1. The summed E-state index contributed by atoms with van der Waals surface area (Å²) in [5.41, 5.74) is 2.34. The summed E-state index contributed by atoms with van der Waals surface area (Å²) in [6.45, 7) is 5.06. The zero-order valence-corrected chi connectivity index (χ0v) is 14.3. The van der Waals surface area contributed by atoms with Gasteiger partial charge >= 0.3 is 6.03 Å². The Bertz CT molecular complexity index is 686. The Labute approximate surface area is 142 Å². The molecule has 4 nitrogen and oxygen atoms in total. The molecule has 5 heteroatoms. The second-order valence-electron chi connectivity index (χ2n) is 5.68. The van der Waals surface area contributed by atoms with E-state index in [1.165, 1.54) is 6.07 Å². The largest absolute Gasteiger partial charge is 0.494 e. The SMILES string of the molecule is CCOc1ccc(CN(C)C(=O)NCc2ccc(C)c(F)c2)cc1. The molecular formula is C19H23FN2O2. The van der Waals surface area contributed by atoms with Gasteiger partial charge in [0.1, 0.15) is 11.6 Å². The molecule has 2 aromatic carbocycles. The lowest BCUT2D eigenvalue weighted by Gasteiger charge is -2.18. The first kappa shape index (κ1) is 17.8. The Morgan fingerprint density at radius 2 is 1.83 bits per heavy atom. The fourth-order valence-electron chi connectivity index (χ4n) is 2.26. The average molecular weight is 330 g/mol. The number of aryl methyl sites for hydroxylation is 1. The Kier molecular flexibility index (Phi) is 6.18. The van der Waals surface area contributed by atoms with Crippen molar-refractivity contribution in [1.29, 1.82) is 0 Å². The van der Waals surface area contributed by atoms with Gasteiger partial charge in [0.2, 0.25) is 0 Å². The van der Waals surface area contributed by atoms with Crippen molar-refractivity contribution >= 4 is 6.03 Å². The van der Waals surface area contributed by atoms with E-state index < -0.39 is 0 Å². The molecule has 0 aliphatic carbocycles. The van der Waals surface area contributed by atoms with Gasteiger partial charge in [0, 0.05) is 20.1 Å². The van der Waals surface area contributed by atoms with E-state index in [2.05, 4.69) is 5.32 Å². The van der Waals surface area contributed by atoms with E-state index in [0.29, 0.717) is 25.3 Å². The molecule has 0 heterocycles. The molecule has 0 unspecified atom stereocenters. The van der Waals surface area contributed by atoms with E-state index in [1.54, 1.807) is 24.9 Å². The van der Waals surface area contributed by atoms with Gasteiger partial charge in [-0.25, -0.2) is 9.18 Å². The molecule has 0 atom stereocenters. The van der Waals surface area contributed by atoms with Crippen LogP contribution in [-0.2, 0) is 13.1 Å². The highest BCUT2D eigenvalue weighted by Gasteiger charge is 2.09. The predicted molar refractivity (Wildman–Crippen MR) is 92.5 cm³/mol. The maximum atomic E-state index is 13.5. The van der Waals surface area contributed by atoms with Crippen molar-refractivity contribution in [1.82, 2.24) is 10.2 Å². The van der Waals surface area contributed by atoms with Gasteiger partial charge in [0.15, 0.2) is 0 Å². The third-order valence-electron chi connectivity index (χ3n) is 3.68. The summed E-state index contributed by atoms with van der Waals surface area (Å²) < 4.78 is 18.9. The van der Waals surface area contributed by atoms with E-state index >= 15 is 0 Å². The summed E-state index contributed by atoms with van der Waals surface area (Å²) in [7, 11) is 1.72. The van der Waals surface area contributed by atoms with Gasteiger partial charge < -0.3 is 15.0 Å². The standard InChI is InChI=1S/C19H23FN2O2/c1-4-24-17-9-7-15(8-10-17)13-22(3)19(23)21-12-16-6-5-14(2)18(20)11-16/h5-11H,4,12-13H2,1-3H3,(H,21,23). The van der Waals surface area contributed by atoms with Crippen LogP contribution < -0.4 is 10.1 Å². The second-order valence-corrected chi connectivity index (χ2v) is 5.68. The van der Waals surface area contributed by atoms with E-state index in [1.807, 2.05) is 37.3 Å². The Morgan fingerprint density at radius 1 is 1.17 bits per heavy atom. The Hall–Kier alpha value is -2.56. The normalized spacial score (nSPS) is 10.3. The number of carbonyl (C=O) groups excluding carboxylic acids is 1. The van der Waals surface area contributed by atoms with Gasteiger partial charge in [-0.15, -0.1) is 0 Å². The first-order chi connectivity index (χ1) is 11.5. The topological polar surface area (TPSA) is 41.6 Å². The third-order valence-corrected chi connectivity index (χ3v) is 3.68. The molecule has 0 bridgehead atoms. The number of carbonyl (C=O) groups is 1. The van der Waals surface area contributed by atoms with Gasteiger partial charge in [-0.3, -0.25) is 0 Å². The number of benzene rings is 2. The number of amides is 2. The van der Waals surface area contributed by atoms with Crippen LogP contribution in [0.5, 0.6) is 5.75 Å². The van der Waals surface area contributed by atoms with Crippen LogP contribution >= 0.6 is 0 Å². The fraction of sp³-hybridized carbons (Fsp3) is 0.316. The molecule has 0 aliphatic heterocycles. The quantitative estimate of drug-likeness (QED) is 0.873. The van der Waals surface area contributed by atoms with E-state index in [0.717, 1.165) is 16.9 Å². The van der Waals surface area contributed by atoms with Crippen molar-refractivity contribution in [2.24, 2.45) is 0 Å². The first-order valence-corrected chi connectivity index (χ1v) is 7.95. The Balaban J connectivity index is 1.86. The fourth-order valence-corrected chi connectivity index (χ4v) is 2.26. The smallest absolute Gasteiger partial charge is 0.317 e. The number of ether oxygens (including phenoxy) is 1. The molecule has 128 valence electrons.